The Bertz CT molecular complexity index is 1170. The Balaban J connectivity index is 1.11. The van der Waals surface area contributed by atoms with E-state index in [-0.39, 0.29) is 11.9 Å². The lowest BCUT2D eigenvalue weighted by atomic mass is 9.98. The standard InChI is InChI=1S/C27H23NO4/c29-26-20-13-12-18(15-19(20)16-31-26)7-5-6-14-28-27(30)32-17-25-23-10-3-1-8-21(23)22-9-2-4-11-24(22)25/h1-5,7-13,15,25H,6,14,16-17H2,(H,28,30). The van der Waals surface area contributed by atoms with E-state index in [1.54, 1.807) is 6.07 Å². The van der Waals surface area contributed by atoms with Gasteiger partial charge in [0.25, 0.3) is 0 Å². The SMILES string of the molecule is O=C(NCCC=Cc1ccc2c(c1)COC2=O)OCC1c2ccccc2-c2ccccc21. The number of carbonyl (C=O) groups excluding carboxylic acids is 2. The Kier molecular flexibility index (Phi) is 5.46. The maximum atomic E-state index is 12.2. The number of nitrogens with one attached hydrogen (secondary N) is 1. The van der Waals surface area contributed by atoms with Gasteiger partial charge in [-0.1, -0.05) is 66.7 Å². The third-order valence-corrected chi connectivity index (χ3v) is 5.94. The van der Waals surface area contributed by atoms with Gasteiger partial charge in [0.15, 0.2) is 0 Å². The van der Waals surface area contributed by atoms with Crippen LogP contribution in [-0.2, 0) is 16.1 Å². The highest BCUT2D eigenvalue weighted by atomic mass is 16.5. The molecule has 0 saturated carbocycles. The average Bonchev–Trinajstić information content (AvgIpc) is 3.35. The molecule has 3 aromatic carbocycles. The molecule has 1 aliphatic carbocycles. The number of carbonyl (C=O) groups is 2. The van der Waals surface area contributed by atoms with Crippen molar-refractivity contribution >= 4 is 18.1 Å². The topological polar surface area (TPSA) is 64.6 Å². The molecule has 1 amide bonds. The molecule has 5 heteroatoms. The van der Waals surface area contributed by atoms with Crippen molar-refractivity contribution in [3.63, 3.8) is 0 Å². The Labute approximate surface area is 186 Å². The molecule has 1 aliphatic heterocycles. The van der Waals surface area contributed by atoms with Crippen molar-refractivity contribution in [1.29, 1.82) is 0 Å². The zero-order valence-corrected chi connectivity index (χ0v) is 17.5. The van der Waals surface area contributed by atoms with Gasteiger partial charge in [-0.15, -0.1) is 0 Å². The van der Waals surface area contributed by atoms with Gasteiger partial charge in [-0.05, 0) is 46.4 Å². The van der Waals surface area contributed by atoms with E-state index >= 15 is 0 Å². The molecule has 0 bridgehead atoms. The minimum Gasteiger partial charge on any atom is -0.457 e. The molecule has 3 aromatic rings. The molecule has 160 valence electrons. The van der Waals surface area contributed by atoms with Crippen LogP contribution in [0.3, 0.4) is 0 Å². The van der Waals surface area contributed by atoms with E-state index < -0.39 is 6.09 Å². The smallest absolute Gasteiger partial charge is 0.407 e. The second kappa shape index (κ2) is 8.71. The first-order chi connectivity index (χ1) is 15.7. The molecule has 0 fully saturated rings. The summed E-state index contributed by atoms with van der Waals surface area (Å²) in [5.41, 5.74) is 7.38. The highest BCUT2D eigenvalue weighted by Gasteiger charge is 2.28. The van der Waals surface area contributed by atoms with Crippen molar-refractivity contribution < 1.29 is 19.1 Å². The van der Waals surface area contributed by atoms with Crippen LogP contribution in [0.2, 0.25) is 0 Å². The predicted octanol–water partition coefficient (Wildman–Crippen LogP) is 5.30. The average molecular weight is 425 g/mol. The van der Waals surface area contributed by atoms with E-state index in [0.717, 1.165) is 11.1 Å². The van der Waals surface area contributed by atoms with Crippen molar-refractivity contribution in [2.24, 2.45) is 0 Å². The van der Waals surface area contributed by atoms with Crippen LogP contribution in [0.15, 0.2) is 72.8 Å². The van der Waals surface area contributed by atoms with Gasteiger partial charge in [0.1, 0.15) is 13.2 Å². The summed E-state index contributed by atoms with van der Waals surface area (Å²) < 4.78 is 10.6. The summed E-state index contributed by atoms with van der Waals surface area (Å²) in [7, 11) is 0. The molecular formula is C27H23NO4. The van der Waals surface area contributed by atoms with Crippen LogP contribution in [0.1, 0.15) is 45.0 Å². The van der Waals surface area contributed by atoms with Gasteiger partial charge in [0.05, 0.1) is 5.56 Å². The summed E-state index contributed by atoms with van der Waals surface area (Å²) in [4.78, 5) is 23.7. The Morgan fingerprint density at radius 3 is 2.47 bits per heavy atom. The lowest BCUT2D eigenvalue weighted by Gasteiger charge is -2.14. The summed E-state index contributed by atoms with van der Waals surface area (Å²) in [5.74, 6) is -0.202. The van der Waals surface area contributed by atoms with Crippen LogP contribution in [0, 0.1) is 0 Å². The van der Waals surface area contributed by atoms with Crippen LogP contribution < -0.4 is 5.32 Å². The number of fused-ring (bicyclic) bond motifs is 4. The van der Waals surface area contributed by atoms with Crippen molar-refractivity contribution in [2.75, 3.05) is 13.2 Å². The number of ether oxygens (including phenoxy) is 2. The van der Waals surface area contributed by atoms with Crippen LogP contribution in [0.4, 0.5) is 4.79 Å². The highest BCUT2D eigenvalue weighted by molar-refractivity contribution is 5.93. The van der Waals surface area contributed by atoms with Gasteiger partial charge >= 0.3 is 12.1 Å². The zero-order chi connectivity index (χ0) is 21.9. The molecule has 0 saturated heterocycles. The molecule has 5 rings (SSSR count). The van der Waals surface area contributed by atoms with Gasteiger partial charge in [-0.2, -0.15) is 0 Å². The van der Waals surface area contributed by atoms with Gasteiger partial charge < -0.3 is 14.8 Å². The first-order valence-electron chi connectivity index (χ1n) is 10.8. The molecule has 0 aromatic heterocycles. The van der Waals surface area contributed by atoms with Crippen molar-refractivity contribution in [3.8, 4) is 11.1 Å². The van der Waals surface area contributed by atoms with E-state index in [4.69, 9.17) is 9.47 Å². The van der Waals surface area contributed by atoms with Crippen LogP contribution in [0.5, 0.6) is 0 Å². The van der Waals surface area contributed by atoms with Crippen LogP contribution in [-0.4, -0.2) is 25.2 Å². The molecule has 0 unspecified atom stereocenters. The fraction of sp³-hybridized carbons (Fsp3) is 0.185. The zero-order valence-electron chi connectivity index (χ0n) is 17.5. The predicted molar refractivity (Wildman–Crippen MR) is 122 cm³/mol. The molecule has 32 heavy (non-hydrogen) atoms. The second-order valence-corrected chi connectivity index (χ2v) is 7.94. The van der Waals surface area contributed by atoms with Crippen molar-refractivity contribution in [2.45, 2.75) is 18.9 Å². The molecule has 1 N–H and O–H groups in total. The quantitative estimate of drug-likeness (QED) is 0.430. The number of cyclic esters (lactones) is 1. The Morgan fingerprint density at radius 2 is 1.72 bits per heavy atom. The molecule has 0 radical (unpaired) electrons. The number of benzene rings is 3. The Hall–Kier alpha value is -3.86. The van der Waals surface area contributed by atoms with Crippen LogP contribution in [0.25, 0.3) is 17.2 Å². The largest absolute Gasteiger partial charge is 0.457 e. The lowest BCUT2D eigenvalue weighted by molar-refractivity contribution is 0.0535. The molecule has 5 nitrogen and oxygen atoms in total. The van der Waals surface area contributed by atoms with Crippen molar-refractivity contribution in [1.82, 2.24) is 5.32 Å². The third-order valence-electron chi connectivity index (χ3n) is 5.94. The molecule has 0 atom stereocenters. The minimum atomic E-state index is -0.409. The van der Waals surface area contributed by atoms with E-state index in [1.165, 1.54) is 22.3 Å². The molecular weight excluding hydrogens is 402 g/mol. The summed E-state index contributed by atoms with van der Waals surface area (Å²) >= 11 is 0. The summed E-state index contributed by atoms with van der Waals surface area (Å²) in [6.45, 7) is 1.13. The minimum absolute atomic E-state index is 0.0590. The normalized spacial score (nSPS) is 14.1. The number of hydrogen-bond acceptors (Lipinski definition) is 4. The van der Waals surface area contributed by atoms with E-state index in [0.29, 0.717) is 31.7 Å². The van der Waals surface area contributed by atoms with Gasteiger partial charge in [0.2, 0.25) is 0 Å². The first kappa shape index (κ1) is 20.1. The molecule has 2 aliphatic rings. The highest BCUT2D eigenvalue weighted by Crippen LogP contribution is 2.44. The first-order valence-corrected chi connectivity index (χ1v) is 10.8. The van der Waals surface area contributed by atoms with Gasteiger partial charge in [-0.3, -0.25) is 0 Å². The van der Waals surface area contributed by atoms with Crippen LogP contribution >= 0.6 is 0 Å². The maximum Gasteiger partial charge on any atom is 0.407 e. The molecule has 0 spiro atoms. The number of alkyl carbamates (subject to hydrolysis) is 1. The fourth-order valence-corrected chi connectivity index (χ4v) is 4.38. The van der Waals surface area contributed by atoms with E-state index in [2.05, 4.69) is 29.6 Å². The summed E-state index contributed by atoms with van der Waals surface area (Å²) in [6.07, 6.45) is 4.23. The lowest BCUT2D eigenvalue weighted by Crippen LogP contribution is -2.26. The Morgan fingerprint density at radius 1 is 1.00 bits per heavy atom. The van der Waals surface area contributed by atoms with Crippen molar-refractivity contribution in [3.05, 3.63) is 101 Å². The monoisotopic (exact) mass is 425 g/mol. The summed E-state index contributed by atoms with van der Waals surface area (Å²) in [5, 5.41) is 2.81. The summed E-state index contributed by atoms with van der Waals surface area (Å²) in [6, 6.07) is 22.2. The van der Waals surface area contributed by atoms with E-state index in [1.807, 2.05) is 48.6 Å². The van der Waals surface area contributed by atoms with Gasteiger partial charge in [0, 0.05) is 18.0 Å². The number of esters is 1. The fourth-order valence-electron chi connectivity index (χ4n) is 4.38. The van der Waals surface area contributed by atoms with E-state index in [9.17, 15) is 9.59 Å². The molecule has 1 heterocycles. The second-order valence-electron chi connectivity index (χ2n) is 7.94. The number of hydrogen-bond donors (Lipinski definition) is 1. The number of rotatable bonds is 6. The third kappa shape index (κ3) is 3.89. The maximum absolute atomic E-state index is 12.2. The van der Waals surface area contributed by atoms with Gasteiger partial charge in [-0.25, -0.2) is 9.59 Å². The number of amides is 1.